The molecule has 12 heavy (non-hydrogen) atoms. The van der Waals surface area contributed by atoms with Gasteiger partial charge in [0.25, 0.3) is 0 Å². The summed E-state index contributed by atoms with van der Waals surface area (Å²) in [6.45, 7) is 5.93. The highest BCUT2D eigenvalue weighted by Crippen LogP contribution is 2.31. The van der Waals surface area contributed by atoms with Gasteiger partial charge in [-0.1, -0.05) is 13.8 Å². The fraction of sp³-hybridized carbons (Fsp3) is 1.00. The van der Waals surface area contributed by atoms with Crippen LogP contribution in [0.2, 0.25) is 0 Å². The Labute approximate surface area is 79.7 Å². The largest absolute Gasteiger partial charge is 0.306 e. The zero-order valence-electron chi connectivity index (χ0n) is 8.80. The molecule has 1 heterocycles. The summed E-state index contributed by atoms with van der Waals surface area (Å²) in [5.74, 6) is 1.79. The fourth-order valence-electron chi connectivity index (χ4n) is 1.87. The summed E-state index contributed by atoms with van der Waals surface area (Å²) in [5, 5.41) is 4.52. The monoisotopic (exact) mass is 189 g/mol. The second-order valence-corrected chi connectivity index (χ2v) is 7.02. The van der Waals surface area contributed by atoms with Gasteiger partial charge in [-0.2, -0.15) is 0 Å². The molecule has 1 saturated heterocycles. The van der Waals surface area contributed by atoms with Gasteiger partial charge in [0, 0.05) is 5.37 Å². The van der Waals surface area contributed by atoms with Crippen LogP contribution in [0.4, 0.5) is 0 Å². The van der Waals surface area contributed by atoms with Crippen LogP contribution in [0.5, 0.6) is 0 Å². The van der Waals surface area contributed by atoms with Gasteiger partial charge in [-0.05, 0) is 43.7 Å². The van der Waals surface area contributed by atoms with E-state index in [9.17, 15) is 0 Å². The van der Waals surface area contributed by atoms with E-state index in [2.05, 4.69) is 31.7 Å². The molecule has 1 aliphatic heterocycles. The summed E-state index contributed by atoms with van der Waals surface area (Å²) in [6, 6.07) is 0. The molecule has 2 heteroatoms. The van der Waals surface area contributed by atoms with Crippen molar-refractivity contribution in [3.63, 3.8) is 0 Å². The van der Waals surface area contributed by atoms with Crippen molar-refractivity contribution in [1.82, 2.24) is 5.32 Å². The van der Waals surface area contributed by atoms with Gasteiger partial charge in [0.1, 0.15) is 0 Å². The van der Waals surface area contributed by atoms with E-state index in [0.717, 1.165) is 17.2 Å². The van der Waals surface area contributed by atoms with Gasteiger partial charge < -0.3 is 5.32 Å². The van der Waals surface area contributed by atoms with Gasteiger partial charge in [-0.15, -0.1) is 0 Å². The van der Waals surface area contributed by atoms with Crippen LogP contribution in [0.25, 0.3) is 0 Å². The summed E-state index contributed by atoms with van der Waals surface area (Å²) < 4.78 is 0. The Balaban J connectivity index is 2.30. The van der Waals surface area contributed by atoms with Crippen LogP contribution in [0, 0.1) is 11.8 Å². The molecule has 2 atom stereocenters. The number of thiol groups is 1. The molecule has 1 aliphatic rings. The molecule has 1 rings (SSSR count). The van der Waals surface area contributed by atoms with Crippen molar-refractivity contribution in [1.29, 1.82) is 0 Å². The summed E-state index contributed by atoms with van der Waals surface area (Å²) in [6.07, 6.45) is 7.60. The van der Waals surface area contributed by atoms with Crippen molar-refractivity contribution in [2.75, 3.05) is 19.1 Å². The molecule has 74 valence electrons. The second kappa shape index (κ2) is 4.52. The average Bonchev–Trinajstić information content (AvgIpc) is 2.04. The quantitative estimate of drug-likeness (QED) is 0.635. The topological polar surface area (TPSA) is 12.0 Å². The van der Waals surface area contributed by atoms with E-state index >= 15 is 0 Å². The molecule has 0 bridgehead atoms. The molecule has 0 radical (unpaired) electrons. The molecular formula is C10H23NS. The normalized spacial score (nSPS) is 32.2. The van der Waals surface area contributed by atoms with Gasteiger partial charge in [-0.3, -0.25) is 0 Å². The minimum atomic E-state index is 0.232. The standard InChI is InChI=1S/C10H23NS/c1-8(2)9-5-6-10(11-7-9)12(3)4/h8-12H,5-7H2,1-4H3. The Hall–Kier alpha value is 0.310. The molecule has 2 unspecified atom stereocenters. The summed E-state index contributed by atoms with van der Waals surface area (Å²) in [7, 11) is 0.232. The molecular weight excluding hydrogens is 166 g/mol. The van der Waals surface area contributed by atoms with Gasteiger partial charge in [-0.25, -0.2) is 10.9 Å². The van der Waals surface area contributed by atoms with Crippen LogP contribution in [-0.4, -0.2) is 24.4 Å². The molecule has 1 fully saturated rings. The maximum absolute atomic E-state index is 3.68. The highest BCUT2D eigenvalue weighted by molar-refractivity contribution is 8.16. The first kappa shape index (κ1) is 10.4. The lowest BCUT2D eigenvalue weighted by Crippen LogP contribution is -2.40. The highest BCUT2D eigenvalue weighted by atomic mass is 32.2. The molecule has 0 amide bonds. The van der Waals surface area contributed by atoms with Gasteiger partial charge in [0.2, 0.25) is 0 Å². The van der Waals surface area contributed by atoms with E-state index in [-0.39, 0.29) is 10.9 Å². The average molecular weight is 189 g/mol. The Bertz CT molecular complexity index is 110. The van der Waals surface area contributed by atoms with Crippen LogP contribution in [-0.2, 0) is 0 Å². The van der Waals surface area contributed by atoms with Crippen molar-refractivity contribution in [3.8, 4) is 0 Å². The summed E-state index contributed by atoms with van der Waals surface area (Å²) in [4.78, 5) is 0. The van der Waals surface area contributed by atoms with Crippen LogP contribution in [0.1, 0.15) is 26.7 Å². The molecule has 0 spiro atoms. The third-order valence-corrected chi connectivity index (χ3v) is 4.68. The Morgan fingerprint density at radius 2 is 1.92 bits per heavy atom. The fourth-order valence-corrected chi connectivity index (χ4v) is 3.01. The van der Waals surface area contributed by atoms with E-state index < -0.39 is 0 Å². The van der Waals surface area contributed by atoms with E-state index in [1.54, 1.807) is 0 Å². The maximum atomic E-state index is 3.68. The summed E-state index contributed by atoms with van der Waals surface area (Å²) in [5.41, 5.74) is 0. The molecule has 0 aromatic heterocycles. The van der Waals surface area contributed by atoms with Crippen LogP contribution >= 0.6 is 10.9 Å². The predicted molar refractivity (Wildman–Crippen MR) is 60.2 cm³/mol. The molecule has 0 aromatic carbocycles. The lowest BCUT2D eigenvalue weighted by Gasteiger charge is -2.35. The predicted octanol–water partition coefficient (Wildman–Crippen LogP) is 2.23. The number of hydrogen-bond acceptors (Lipinski definition) is 1. The van der Waals surface area contributed by atoms with Gasteiger partial charge in [0.15, 0.2) is 0 Å². The highest BCUT2D eigenvalue weighted by Gasteiger charge is 2.22. The van der Waals surface area contributed by atoms with Gasteiger partial charge in [0.05, 0.1) is 0 Å². The SMILES string of the molecule is CC(C)C1CCC([SH](C)C)NC1. The van der Waals surface area contributed by atoms with Crippen molar-refractivity contribution in [2.24, 2.45) is 11.8 Å². The lowest BCUT2D eigenvalue weighted by molar-refractivity contribution is 0.286. The Morgan fingerprint density at radius 1 is 1.25 bits per heavy atom. The first-order valence-electron chi connectivity index (χ1n) is 5.01. The van der Waals surface area contributed by atoms with Crippen LogP contribution < -0.4 is 5.32 Å². The van der Waals surface area contributed by atoms with Crippen LogP contribution in [0.3, 0.4) is 0 Å². The maximum Gasteiger partial charge on any atom is 0.0348 e. The minimum absolute atomic E-state index is 0.232. The second-order valence-electron chi connectivity index (χ2n) is 4.47. The van der Waals surface area contributed by atoms with Crippen LogP contribution in [0.15, 0.2) is 0 Å². The van der Waals surface area contributed by atoms with Gasteiger partial charge >= 0.3 is 0 Å². The molecule has 1 nitrogen and oxygen atoms in total. The Morgan fingerprint density at radius 3 is 2.25 bits per heavy atom. The third kappa shape index (κ3) is 2.67. The minimum Gasteiger partial charge on any atom is -0.306 e. The van der Waals surface area contributed by atoms with E-state index in [1.165, 1.54) is 19.4 Å². The molecule has 0 aliphatic carbocycles. The first-order chi connectivity index (χ1) is 5.61. The number of hydrogen-bond donors (Lipinski definition) is 2. The number of piperidine rings is 1. The molecule has 1 N–H and O–H groups in total. The van der Waals surface area contributed by atoms with Crippen molar-refractivity contribution in [3.05, 3.63) is 0 Å². The zero-order chi connectivity index (χ0) is 9.14. The molecule has 0 saturated carbocycles. The van der Waals surface area contributed by atoms with E-state index in [1.807, 2.05) is 0 Å². The first-order valence-corrected chi connectivity index (χ1v) is 7.31. The zero-order valence-corrected chi connectivity index (χ0v) is 9.70. The lowest BCUT2D eigenvalue weighted by atomic mass is 9.89. The smallest absolute Gasteiger partial charge is 0.0348 e. The number of rotatable bonds is 2. The third-order valence-electron chi connectivity index (χ3n) is 2.99. The van der Waals surface area contributed by atoms with Crippen molar-refractivity contribution >= 4 is 10.9 Å². The molecule has 0 aromatic rings. The van der Waals surface area contributed by atoms with E-state index in [4.69, 9.17) is 0 Å². The number of nitrogens with one attached hydrogen (secondary N) is 1. The van der Waals surface area contributed by atoms with E-state index in [0.29, 0.717) is 0 Å². The van der Waals surface area contributed by atoms with Crippen molar-refractivity contribution < 1.29 is 0 Å². The summed E-state index contributed by atoms with van der Waals surface area (Å²) >= 11 is 0. The van der Waals surface area contributed by atoms with Crippen molar-refractivity contribution in [2.45, 2.75) is 32.1 Å². The Kier molecular flexibility index (Phi) is 3.91.